The zero-order chi connectivity index (χ0) is 15.6. The number of rotatable bonds is 4. The van der Waals surface area contributed by atoms with Gasteiger partial charge in [0.2, 0.25) is 0 Å². The molecule has 21 heavy (non-hydrogen) atoms. The van der Waals surface area contributed by atoms with E-state index in [0.717, 1.165) is 12.0 Å². The summed E-state index contributed by atoms with van der Waals surface area (Å²) in [7, 11) is 0. The van der Waals surface area contributed by atoms with Crippen molar-refractivity contribution in [3.05, 3.63) is 69.2 Å². The van der Waals surface area contributed by atoms with E-state index in [1.165, 1.54) is 5.56 Å². The summed E-state index contributed by atoms with van der Waals surface area (Å²) in [5.41, 5.74) is 2.91. The molecule has 0 bridgehead atoms. The molecule has 1 unspecified atom stereocenters. The normalized spacial score (nSPS) is 13.2. The molecular formula is C18H20Cl2O. The number of benzene rings is 2. The molecule has 0 spiro atoms. The summed E-state index contributed by atoms with van der Waals surface area (Å²) in [6.07, 6.45) is 0.325. The Morgan fingerprint density at radius 3 is 2.19 bits per heavy atom. The largest absolute Gasteiger partial charge is 0.384 e. The Morgan fingerprint density at radius 1 is 1.05 bits per heavy atom. The first-order valence-electron chi connectivity index (χ1n) is 7.08. The van der Waals surface area contributed by atoms with Gasteiger partial charge in [-0.2, -0.15) is 0 Å². The van der Waals surface area contributed by atoms with Gasteiger partial charge in [0, 0.05) is 15.6 Å². The predicted octanol–water partition coefficient (Wildman–Crippen LogP) is 5.76. The van der Waals surface area contributed by atoms with Crippen molar-refractivity contribution in [3.8, 4) is 0 Å². The van der Waals surface area contributed by atoms with Crippen LogP contribution in [0.15, 0.2) is 42.5 Å². The fourth-order valence-corrected chi connectivity index (χ4v) is 2.74. The van der Waals surface area contributed by atoms with Crippen LogP contribution in [-0.2, 0) is 5.41 Å². The Labute approximate surface area is 136 Å². The summed E-state index contributed by atoms with van der Waals surface area (Å²) in [5.74, 6) is 0. The van der Waals surface area contributed by atoms with Gasteiger partial charge in [-0.15, -0.1) is 0 Å². The molecule has 0 heterocycles. The molecule has 1 N–H and O–H groups in total. The van der Waals surface area contributed by atoms with Gasteiger partial charge in [0.25, 0.3) is 0 Å². The first-order valence-corrected chi connectivity index (χ1v) is 7.84. The Kier molecular flexibility index (Phi) is 4.98. The van der Waals surface area contributed by atoms with E-state index < -0.39 is 6.10 Å². The molecule has 1 atom stereocenters. The highest BCUT2D eigenvalue weighted by molar-refractivity contribution is 6.35. The standard InChI is InChI=1S/C18H20Cl2O/c1-4-18(2,3)13-7-5-12(6-8-13)17(21)15-10-9-14(19)11-16(15)20/h5-11,17,21H,4H2,1-3H3. The van der Waals surface area contributed by atoms with E-state index in [4.69, 9.17) is 23.2 Å². The second kappa shape index (κ2) is 6.39. The zero-order valence-corrected chi connectivity index (χ0v) is 14.0. The lowest BCUT2D eigenvalue weighted by Crippen LogP contribution is -2.15. The van der Waals surface area contributed by atoms with Gasteiger partial charge < -0.3 is 5.11 Å². The van der Waals surface area contributed by atoms with Crippen molar-refractivity contribution in [2.75, 3.05) is 0 Å². The van der Waals surface area contributed by atoms with Gasteiger partial charge in [-0.05, 0) is 35.1 Å². The average Bonchev–Trinajstić information content (AvgIpc) is 2.47. The highest BCUT2D eigenvalue weighted by Crippen LogP contribution is 2.32. The highest BCUT2D eigenvalue weighted by atomic mass is 35.5. The highest BCUT2D eigenvalue weighted by Gasteiger charge is 2.19. The summed E-state index contributed by atoms with van der Waals surface area (Å²) >= 11 is 12.0. The number of aliphatic hydroxyl groups is 1. The maximum Gasteiger partial charge on any atom is 0.105 e. The van der Waals surface area contributed by atoms with Crippen LogP contribution in [0.25, 0.3) is 0 Å². The Hall–Kier alpha value is -1.02. The van der Waals surface area contributed by atoms with Crippen LogP contribution in [0.2, 0.25) is 10.0 Å². The summed E-state index contributed by atoms with van der Waals surface area (Å²) in [4.78, 5) is 0. The van der Waals surface area contributed by atoms with Gasteiger partial charge in [-0.3, -0.25) is 0 Å². The molecule has 0 radical (unpaired) electrons. The Balaban J connectivity index is 2.30. The van der Waals surface area contributed by atoms with E-state index in [1.807, 2.05) is 12.1 Å². The quantitative estimate of drug-likeness (QED) is 0.758. The third-order valence-corrected chi connectivity index (χ3v) is 4.71. The molecule has 0 fully saturated rings. The van der Waals surface area contributed by atoms with Crippen LogP contribution < -0.4 is 0 Å². The van der Waals surface area contributed by atoms with Gasteiger partial charge in [-0.25, -0.2) is 0 Å². The third kappa shape index (κ3) is 3.60. The number of hydrogen-bond donors (Lipinski definition) is 1. The van der Waals surface area contributed by atoms with Crippen LogP contribution in [0.4, 0.5) is 0 Å². The van der Waals surface area contributed by atoms with Gasteiger partial charge in [0.15, 0.2) is 0 Å². The van der Waals surface area contributed by atoms with Crippen molar-refractivity contribution in [1.82, 2.24) is 0 Å². The molecule has 0 aliphatic rings. The lowest BCUT2D eigenvalue weighted by atomic mass is 9.81. The molecule has 0 saturated carbocycles. The number of halogens is 2. The molecule has 0 amide bonds. The minimum absolute atomic E-state index is 0.140. The Bertz CT molecular complexity index is 618. The number of aliphatic hydroxyl groups excluding tert-OH is 1. The van der Waals surface area contributed by atoms with Gasteiger partial charge in [0.1, 0.15) is 6.10 Å². The Morgan fingerprint density at radius 2 is 1.67 bits per heavy atom. The molecule has 2 aromatic carbocycles. The SMILES string of the molecule is CCC(C)(C)c1ccc(C(O)c2ccc(Cl)cc2Cl)cc1. The van der Waals surface area contributed by atoms with E-state index in [-0.39, 0.29) is 5.41 Å². The van der Waals surface area contributed by atoms with Crippen molar-refractivity contribution in [1.29, 1.82) is 0 Å². The first-order chi connectivity index (χ1) is 9.85. The lowest BCUT2D eigenvalue weighted by molar-refractivity contribution is 0.220. The van der Waals surface area contributed by atoms with Gasteiger partial charge in [0.05, 0.1) is 0 Å². The molecular weight excluding hydrogens is 303 g/mol. The average molecular weight is 323 g/mol. The summed E-state index contributed by atoms with van der Waals surface area (Å²) in [5, 5.41) is 11.5. The zero-order valence-electron chi connectivity index (χ0n) is 12.5. The van der Waals surface area contributed by atoms with E-state index in [9.17, 15) is 5.11 Å². The lowest BCUT2D eigenvalue weighted by Gasteiger charge is -2.24. The predicted molar refractivity (Wildman–Crippen MR) is 90.3 cm³/mol. The molecule has 1 nitrogen and oxygen atoms in total. The van der Waals surface area contributed by atoms with Crippen LogP contribution >= 0.6 is 23.2 Å². The summed E-state index contributed by atoms with van der Waals surface area (Å²) < 4.78 is 0. The van der Waals surface area contributed by atoms with Gasteiger partial charge in [-0.1, -0.05) is 74.3 Å². The van der Waals surface area contributed by atoms with E-state index in [1.54, 1.807) is 18.2 Å². The third-order valence-electron chi connectivity index (χ3n) is 4.15. The maximum atomic E-state index is 10.5. The molecule has 0 aliphatic carbocycles. The minimum Gasteiger partial charge on any atom is -0.384 e. The summed E-state index contributed by atoms with van der Waals surface area (Å²) in [6, 6.07) is 13.2. The monoisotopic (exact) mass is 322 g/mol. The van der Waals surface area contributed by atoms with Gasteiger partial charge >= 0.3 is 0 Å². The topological polar surface area (TPSA) is 20.2 Å². The van der Waals surface area contributed by atoms with Crippen LogP contribution in [0, 0.1) is 0 Å². The fourth-order valence-electron chi connectivity index (χ4n) is 2.22. The van der Waals surface area contributed by atoms with Crippen molar-refractivity contribution in [2.45, 2.75) is 38.7 Å². The molecule has 0 saturated heterocycles. The molecule has 3 heteroatoms. The second-order valence-electron chi connectivity index (χ2n) is 5.93. The molecule has 112 valence electrons. The minimum atomic E-state index is -0.742. The van der Waals surface area contributed by atoms with Crippen molar-refractivity contribution in [2.24, 2.45) is 0 Å². The van der Waals surface area contributed by atoms with Crippen molar-refractivity contribution < 1.29 is 5.11 Å². The smallest absolute Gasteiger partial charge is 0.105 e. The maximum absolute atomic E-state index is 10.5. The molecule has 2 rings (SSSR count). The molecule has 0 aliphatic heterocycles. The van der Waals surface area contributed by atoms with E-state index in [2.05, 4.69) is 32.9 Å². The number of hydrogen-bond acceptors (Lipinski definition) is 1. The van der Waals surface area contributed by atoms with Crippen LogP contribution in [0.3, 0.4) is 0 Å². The first kappa shape index (κ1) is 16.4. The van der Waals surface area contributed by atoms with Crippen LogP contribution in [0.5, 0.6) is 0 Å². The van der Waals surface area contributed by atoms with E-state index in [0.29, 0.717) is 15.6 Å². The second-order valence-corrected chi connectivity index (χ2v) is 6.77. The van der Waals surface area contributed by atoms with Crippen molar-refractivity contribution in [3.63, 3.8) is 0 Å². The molecule has 2 aromatic rings. The summed E-state index contributed by atoms with van der Waals surface area (Å²) in [6.45, 7) is 6.61. The van der Waals surface area contributed by atoms with Crippen LogP contribution in [-0.4, -0.2) is 5.11 Å². The van der Waals surface area contributed by atoms with Crippen LogP contribution in [0.1, 0.15) is 50.0 Å². The molecule has 0 aromatic heterocycles. The fraction of sp³-hybridized carbons (Fsp3) is 0.333. The van der Waals surface area contributed by atoms with Crippen molar-refractivity contribution >= 4 is 23.2 Å². The van der Waals surface area contributed by atoms with E-state index >= 15 is 0 Å².